The average molecular weight is 503 g/mol. The fourth-order valence-corrected chi connectivity index (χ4v) is 3.85. The Kier molecular flexibility index (Phi) is 9.98. The summed E-state index contributed by atoms with van der Waals surface area (Å²) in [6, 6.07) is 10.3. The van der Waals surface area contributed by atoms with Crippen molar-refractivity contribution in [2.45, 2.75) is 31.5 Å². The molecule has 0 amide bonds. The van der Waals surface area contributed by atoms with Gasteiger partial charge in [0.2, 0.25) is 0 Å². The number of ether oxygens (including phenoxy) is 3. The smallest absolute Gasteiger partial charge is 0.193 e. The van der Waals surface area contributed by atoms with E-state index in [1.165, 1.54) is 5.56 Å². The molecule has 0 aliphatic carbocycles. The largest absolute Gasteiger partial charge is 0.381 e. The fourth-order valence-electron chi connectivity index (χ4n) is 3.85. The van der Waals surface area contributed by atoms with Gasteiger partial charge in [-0.3, -0.25) is 4.99 Å². The Balaban J connectivity index is 0.00000280. The molecule has 3 rings (SSSR count). The molecule has 2 aliphatic heterocycles. The lowest BCUT2D eigenvalue weighted by Crippen LogP contribution is -2.51. The number of halogens is 1. The van der Waals surface area contributed by atoms with Crippen LogP contribution in [0.5, 0.6) is 0 Å². The molecule has 2 saturated heterocycles. The van der Waals surface area contributed by atoms with Crippen LogP contribution in [0.1, 0.15) is 24.8 Å². The summed E-state index contributed by atoms with van der Waals surface area (Å²) in [5.41, 5.74) is 1.08. The molecule has 1 aromatic carbocycles. The molecule has 2 fully saturated rings. The third-order valence-corrected chi connectivity index (χ3v) is 5.67. The number of hydrogen-bond acceptors (Lipinski definition) is 4. The summed E-state index contributed by atoms with van der Waals surface area (Å²) in [5, 5.41) is 3.53. The van der Waals surface area contributed by atoms with Gasteiger partial charge in [-0.15, -0.1) is 24.0 Å². The van der Waals surface area contributed by atoms with E-state index < -0.39 is 0 Å². The Bertz CT molecular complexity index is 594. The van der Waals surface area contributed by atoms with Crippen molar-refractivity contribution < 1.29 is 14.2 Å². The van der Waals surface area contributed by atoms with Gasteiger partial charge in [-0.1, -0.05) is 30.3 Å². The second-order valence-corrected chi connectivity index (χ2v) is 7.50. The Morgan fingerprint density at radius 3 is 2.71 bits per heavy atom. The van der Waals surface area contributed by atoms with E-state index in [0.717, 1.165) is 64.7 Å². The number of nitrogens with one attached hydrogen (secondary N) is 1. The van der Waals surface area contributed by atoms with Gasteiger partial charge in [0.1, 0.15) is 0 Å². The molecule has 28 heavy (non-hydrogen) atoms. The van der Waals surface area contributed by atoms with E-state index in [-0.39, 0.29) is 29.6 Å². The van der Waals surface area contributed by atoms with Gasteiger partial charge in [-0.25, -0.2) is 0 Å². The highest BCUT2D eigenvalue weighted by atomic mass is 127. The van der Waals surface area contributed by atoms with Crippen molar-refractivity contribution in [3.63, 3.8) is 0 Å². The summed E-state index contributed by atoms with van der Waals surface area (Å²) in [6.07, 6.45) is 2.98. The van der Waals surface area contributed by atoms with Crippen LogP contribution in [0.3, 0.4) is 0 Å². The second kappa shape index (κ2) is 11.9. The van der Waals surface area contributed by atoms with E-state index in [1.807, 2.05) is 13.1 Å². The Labute approximate surface area is 186 Å². The van der Waals surface area contributed by atoms with Crippen LogP contribution in [0.4, 0.5) is 0 Å². The molecule has 1 N–H and O–H groups in total. The molecule has 2 heterocycles. The summed E-state index contributed by atoms with van der Waals surface area (Å²) in [6.45, 7) is 5.77. The van der Waals surface area contributed by atoms with Crippen LogP contribution in [-0.4, -0.2) is 70.1 Å². The third-order valence-electron chi connectivity index (χ3n) is 5.67. The molecule has 0 radical (unpaired) electrons. The molecule has 1 atom stereocenters. The van der Waals surface area contributed by atoms with E-state index in [9.17, 15) is 0 Å². The van der Waals surface area contributed by atoms with E-state index in [1.54, 1.807) is 7.11 Å². The molecule has 0 saturated carbocycles. The van der Waals surface area contributed by atoms with Gasteiger partial charge in [-0.05, 0) is 12.0 Å². The summed E-state index contributed by atoms with van der Waals surface area (Å²) in [4.78, 5) is 6.82. The SMILES string of the molecule is CN=C(NCC1(OC)CCOCC1)N1CCC(COCc2ccccc2)C1.I. The maximum atomic E-state index is 5.93. The highest BCUT2D eigenvalue weighted by molar-refractivity contribution is 14.0. The van der Waals surface area contributed by atoms with Crippen molar-refractivity contribution in [2.24, 2.45) is 10.9 Å². The maximum Gasteiger partial charge on any atom is 0.193 e. The molecule has 158 valence electrons. The van der Waals surface area contributed by atoms with Crippen LogP contribution < -0.4 is 5.32 Å². The zero-order valence-electron chi connectivity index (χ0n) is 17.1. The van der Waals surface area contributed by atoms with Gasteiger partial charge < -0.3 is 24.4 Å². The highest BCUT2D eigenvalue weighted by Gasteiger charge is 2.33. The van der Waals surface area contributed by atoms with Crippen LogP contribution in [0.25, 0.3) is 0 Å². The molecule has 7 heteroatoms. The summed E-state index contributed by atoms with van der Waals surface area (Å²) >= 11 is 0. The number of methoxy groups -OCH3 is 1. The summed E-state index contributed by atoms with van der Waals surface area (Å²) in [5.74, 6) is 1.51. The van der Waals surface area contributed by atoms with E-state index in [0.29, 0.717) is 12.5 Å². The van der Waals surface area contributed by atoms with Crippen LogP contribution in [0.2, 0.25) is 0 Å². The molecule has 0 spiro atoms. The number of rotatable bonds is 7. The molecular formula is C21H34IN3O3. The first-order valence-electron chi connectivity index (χ1n) is 9.95. The fraction of sp³-hybridized carbons (Fsp3) is 0.667. The molecule has 6 nitrogen and oxygen atoms in total. The van der Waals surface area contributed by atoms with E-state index in [4.69, 9.17) is 14.2 Å². The third kappa shape index (κ3) is 6.57. The first-order chi connectivity index (χ1) is 13.2. The standard InChI is InChI=1S/C21H33N3O3.HI/c1-22-20(23-17-21(25-2)9-12-26-13-10-21)24-11-8-19(14-24)16-27-15-18-6-4-3-5-7-18;/h3-7,19H,8-17H2,1-2H3,(H,22,23);1H. The van der Waals surface area contributed by atoms with Crippen molar-refractivity contribution in [3.8, 4) is 0 Å². The second-order valence-electron chi connectivity index (χ2n) is 7.50. The number of hydrogen-bond donors (Lipinski definition) is 1. The van der Waals surface area contributed by atoms with Crippen LogP contribution in [-0.2, 0) is 20.8 Å². The van der Waals surface area contributed by atoms with Crippen molar-refractivity contribution in [1.82, 2.24) is 10.2 Å². The van der Waals surface area contributed by atoms with Gasteiger partial charge >= 0.3 is 0 Å². The van der Waals surface area contributed by atoms with Gasteiger partial charge in [0.05, 0.1) is 18.8 Å². The normalized spacial score (nSPS) is 22.0. The lowest BCUT2D eigenvalue weighted by molar-refractivity contribution is -0.0857. The maximum absolute atomic E-state index is 5.93. The first kappa shape index (κ1) is 23.4. The molecule has 0 aromatic heterocycles. The number of likely N-dealkylation sites (tertiary alicyclic amines) is 1. The van der Waals surface area contributed by atoms with Crippen molar-refractivity contribution in [3.05, 3.63) is 35.9 Å². The quantitative estimate of drug-likeness (QED) is 0.353. The predicted molar refractivity (Wildman–Crippen MR) is 122 cm³/mol. The minimum atomic E-state index is -0.147. The lowest BCUT2D eigenvalue weighted by atomic mass is 9.94. The van der Waals surface area contributed by atoms with Gasteiger partial charge in [0, 0.05) is 65.8 Å². The van der Waals surface area contributed by atoms with Crippen molar-refractivity contribution in [1.29, 1.82) is 0 Å². The topological polar surface area (TPSA) is 55.3 Å². The van der Waals surface area contributed by atoms with Crippen LogP contribution in [0.15, 0.2) is 35.3 Å². The Morgan fingerprint density at radius 2 is 2.04 bits per heavy atom. The minimum Gasteiger partial charge on any atom is -0.381 e. The lowest BCUT2D eigenvalue weighted by Gasteiger charge is -2.37. The average Bonchev–Trinajstić information content (AvgIpc) is 3.19. The zero-order chi connectivity index (χ0) is 19.0. The van der Waals surface area contributed by atoms with Crippen LogP contribution in [0, 0.1) is 5.92 Å². The number of guanidine groups is 1. The number of aliphatic imine (C=N–C) groups is 1. The molecule has 2 aliphatic rings. The highest BCUT2D eigenvalue weighted by Crippen LogP contribution is 2.24. The van der Waals surface area contributed by atoms with Gasteiger partial charge in [-0.2, -0.15) is 0 Å². The van der Waals surface area contributed by atoms with Crippen molar-refractivity contribution >= 4 is 29.9 Å². The van der Waals surface area contributed by atoms with E-state index in [2.05, 4.69) is 39.5 Å². The molecular weight excluding hydrogens is 469 g/mol. The zero-order valence-corrected chi connectivity index (χ0v) is 19.4. The first-order valence-corrected chi connectivity index (χ1v) is 9.95. The minimum absolute atomic E-state index is 0. The van der Waals surface area contributed by atoms with Gasteiger partial charge in [0.15, 0.2) is 5.96 Å². The number of nitrogens with zero attached hydrogens (tertiary/aromatic N) is 2. The number of benzene rings is 1. The summed E-state index contributed by atoms with van der Waals surface area (Å²) in [7, 11) is 3.65. The molecule has 1 unspecified atom stereocenters. The Hall–Kier alpha value is -0.900. The van der Waals surface area contributed by atoms with Crippen LogP contribution >= 0.6 is 24.0 Å². The predicted octanol–water partition coefficient (Wildman–Crippen LogP) is 2.91. The monoisotopic (exact) mass is 503 g/mol. The van der Waals surface area contributed by atoms with E-state index >= 15 is 0 Å². The van der Waals surface area contributed by atoms with Gasteiger partial charge in [0.25, 0.3) is 0 Å². The molecule has 0 bridgehead atoms. The summed E-state index contributed by atoms with van der Waals surface area (Å²) < 4.78 is 17.2. The Morgan fingerprint density at radius 1 is 1.29 bits per heavy atom. The van der Waals surface area contributed by atoms with Crippen molar-refractivity contribution in [2.75, 3.05) is 53.6 Å². The molecule has 1 aromatic rings.